The van der Waals surface area contributed by atoms with Crippen molar-refractivity contribution in [2.75, 3.05) is 19.0 Å². The van der Waals surface area contributed by atoms with Crippen molar-refractivity contribution in [1.29, 1.82) is 0 Å². The van der Waals surface area contributed by atoms with Crippen molar-refractivity contribution in [3.8, 4) is 5.75 Å². The Kier molecular flexibility index (Phi) is 4.61. The highest BCUT2D eigenvalue weighted by atomic mass is 79.9. The van der Waals surface area contributed by atoms with Gasteiger partial charge in [0.15, 0.2) is 0 Å². The van der Waals surface area contributed by atoms with E-state index in [0.717, 1.165) is 10.2 Å². The second-order valence-electron chi connectivity index (χ2n) is 3.47. The maximum atomic E-state index is 10.6. The second-order valence-corrected chi connectivity index (χ2v) is 4.32. The average molecular weight is 288 g/mol. The summed E-state index contributed by atoms with van der Waals surface area (Å²) in [5.74, 6) is -0.515. The van der Waals surface area contributed by atoms with Crippen LogP contribution < -0.4 is 10.1 Å². The molecule has 0 fully saturated rings. The lowest BCUT2D eigenvalue weighted by atomic mass is 10.2. The summed E-state index contributed by atoms with van der Waals surface area (Å²) < 4.78 is 6.00. The molecule has 0 spiro atoms. The highest BCUT2D eigenvalue weighted by Gasteiger charge is 2.10. The molecule has 1 atom stereocenters. The number of carboxylic acid groups (broad SMARTS) is 1. The van der Waals surface area contributed by atoms with E-state index in [4.69, 9.17) is 9.84 Å². The Bertz CT molecular complexity index is 381. The molecule has 0 aliphatic heterocycles. The van der Waals surface area contributed by atoms with Gasteiger partial charge < -0.3 is 15.2 Å². The lowest BCUT2D eigenvalue weighted by Gasteiger charge is -2.11. The molecule has 4 nitrogen and oxygen atoms in total. The Balaban J connectivity index is 2.64. The third-order valence-corrected chi connectivity index (χ3v) is 2.84. The van der Waals surface area contributed by atoms with Crippen LogP contribution in [0.5, 0.6) is 5.75 Å². The maximum absolute atomic E-state index is 10.6. The average Bonchev–Trinajstić information content (AvgIpc) is 2.27. The summed E-state index contributed by atoms with van der Waals surface area (Å²) in [5.41, 5.74) is 0.841. The minimum Gasteiger partial charge on any atom is -0.495 e. The topological polar surface area (TPSA) is 58.6 Å². The van der Waals surface area contributed by atoms with Crippen molar-refractivity contribution < 1.29 is 14.6 Å². The number of benzene rings is 1. The number of carboxylic acids is 1. The predicted molar refractivity (Wildman–Crippen MR) is 66.0 cm³/mol. The number of ether oxygens (including phenoxy) is 1. The molecule has 0 saturated heterocycles. The van der Waals surface area contributed by atoms with Gasteiger partial charge in [-0.25, -0.2) is 0 Å². The number of carbonyl (C=O) groups is 1. The van der Waals surface area contributed by atoms with E-state index in [1.165, 1.54) is 0 Å². The fourth-order valence-electron chi connectivity index (χ4n) is 1.13. The van der Waals surface area contributed by atoms with Crippen LogP contribution in [-0.2, 0) is 4.79 Å². The van der Waals surface area contributed by atoms with Gasteiger partial charge in [0.05, 0.1) is 17.5 Å². The van der Waals surface area contributed by atoms with E-state index in [1.807, 2.05) is 18.2 Å². The van der Waals surface area contributed by atoms with E-state index < -0.39 is 11.9 Å². The molecular weight excluding hydrogens is 274 g/mol. The SMILES string of the molecule is COc1cc(NCC(C)C(=O)O)ccc1Br. The van der Waals surface area contributed by atoms with Crippen LogP contribution in [-0.4, -0.2) is 24.7 Å². The standard InChI is InChI=1S/C11H14BrNO3/c1-7(11(14)15)6-13-8-3-4-9(12)10(5-8)16-2/h3-5,7,13H,6H2,1-2H3,(H,14,15). The molecule has 0 saturated carbocycles. The van der Waals surface area contributed by atoms with Gasteiger partial charge in [-0.1, -0.05) is 6.92 Å². The highest BCUT2D eigenvalue weighted by Crippen LogP contribution is 2.27. The lowest BCUT2D eigenvalue weighted by Crippen LogP contribution is -2.19. The summed E-state index contributed by atoms with van der Waals surface area (Å²) in [6.45, 7) is 2.05. The third-order valence-electron chi connectivity index (χ3n) is 2.19. The summed E-state index contributed by atoms with van der Waals surface area (Å²) in [6, 6.07) is 5.53. The number of aliphatic carboxylic acids is 1. The van der Waals surface area contributed by atoms with E-state index in [-0.39, 0.29) is 0 Å². The van der Waals surface area contributed by atoms with Gasteiger partial charge in [-0.15, -0.1) is 0 Å². The van der Waals surface area contributed by atoms with Gasteiger partial charge in [0.25, 0.3) is 0 Å². The highest BCUT2D eigenvalue weighted by molar-refractivity contribution is 9.10. The molecule has 0 amide bonds. The quantitative estimate of drug-likeness (QED) is 0.874. The fraction of sp³-hybridized carbons (Fsp3) is 0.364. The summed E-state index contributed by atoms with van der Waals surface area (Å²) in [5, 5.41) is 11.8. The van der Waals surface area contributed by atoms with Crippen LogP contribution in [0.3, 0.4) is 0 Å². The second kappa shape index (κ2) is 5.75. The van der Waals surface area contributed by atoms with Crippen molar-refractivity contribution >= 4 is 27.6 Å². The Hall–Kier alpha value is -1.23. The Labute approximate surface area is 103 Å². The number of hydrogen-bond donors (Lipinski definition) is 2. The summed E-state index contributed by atoms with van der Waals surface area (Å²) in [4.78, 5) is 10.6. The van der Waals surface area contributed by atoms with E-state index in [1.54, 1.807) is 14.0 Å². The molecule has 0 aliphatic carbocycles. The zero-order valence-corrected chi connectivity index (χ0v) is 10.7. The lowest BCUT2D eigenvalue weighted by molar-refractivity contribution is -0.140. The number of methoxy groups -OCH3 is 1. The molecule has 1 rings (SSSR count). The molecule has 1 unspecified atom stereocenters. The van der Waals surface area contributed by atoms with Gasteiger partial charge in [-0.3, -0.25) is 4.79 Å². The van der Waals surface area contributed by atoms with Gasteiger partial charge in [0.2, 0.25) is 0 Å². The normalized spacial score (nSPS) is 11.9. The van der Waals surface area contributed by atoms with Gasteiger partial charge in [-0.05, 0) is 28.1 Å². The number of hydrogen-bond acceptors (Lipinski definition) is 3. The zero-order valence-electron chi connectivity index (χ0n) is 9.16. The zero-order chi connectivity index (χ0) is 12.1. The van der Waals surface area contributed by atoms with Crippen molar-refractivity contribution in [2.45, 2.75) is 6.92 Å². The summed E-state index contributed by atoms with van der Waals surface area (Å²) in [6.07, 6.45) is 0. The Morgan fingerprint density at radius 3 is 2.88 bits per heavy atom. The molecule has 0 aromatic heterocycles. The van der Waals surface area contributed by atoms with Crippen LogP contribution in [0.1, 0.15) is 6.92 Å². The van der Waals surface area contributed by atoms with E-state index in [0.29, 0.717) is 12.3 Å². The predicted octanol–water partition coefficient (Wildman–Crippen LogP) is 2.59. The Morgan fingerprint density at radius 1 is 1.62 bits per heavy atom. The molecule has 1 aromatic rings. The Morgan fingerprint density at radius 2 is 2.31 bits per heavy atom. The third kappa shape index (κ3) is 3.41. The molecule has 16 heavy (non-hydrogen) atoms. The van der Waals surface area contributed by atoms with Crippen LogP contribution in [0.15, 0.2) is 22.7 Å². The van der Waals surface area contributed by atoms with Crippen LogP contribution in [0.2, 0.25) is 0 Å². The summed E-state index contributed by atoms with van der Waals surface area (Å²) >= 11 is 3.35. The van der Waals surface area contributed by atoms with Gasteiger partial charge in [0, 0.05) is 18.3 Å². The number of halogens is 1. The van der Waals surface area contributed by atoms with Crippen LogP contribution in [0.4, 0.5) is 5.69 Å². The first kappa shape index (κ1) is 12.8. The first-order valence-corrected chi connectivity index (χ1v) is 5.64. The number of nitrogens with one attached hydrogen (secondary N) is 1. The van der Waals surface area contributed by atoms with Gasteiger partial charge >= 0.3 is 5.97 Å². The van der Waals surface area contributed by atoms with Crippen LogP contribution >= 0.6 is 15.9 Å². The first-order chi connectivity index (χ1) is 7.54. The largest absolute Gasteiger partial charge is 0.495 e. The van der Waals surface area contributed by atoms with Crippen molar-refractivity contribution in [3.63, 3.8) is 0 Å². The van der Waals surface area contributed by atoms with Gasteiger partial charge in [0.1, 0.15) is 5.75 Å². The number of rotatable bonds is 5. The molecule has 0 bridgehead atoms. The van der Waals surface area contributed by atoms with Gasteiger partial charge in [-0.2, -0.15) is 0 Å². The maximum Gasteiger partial charge on any atom is 0.308 e. The van der Waals surface area contributed by atoms with E-state index in [9.17, 15) is 4.79 Å². The molecule has 88 valence electrons. The molecule has 0 radical (unpaired) electrons. The molecule has 2 N–H and O–H groups in total. The number of anilines is 1. The van der Waals surface area contributed by atoms with Crippen LogP contribution in [0.25, 0.3) is 0 Å². The minimum absolute atomic E-state index is 0.389. The van der Waals surface area contributed by atoms with E-state index >= 15 is 0 Å². The molecule has 1 aromatic carbocycles. The van der Waals surface area contributed by atoms with Crippen molar-refractivity contribution in [1.82, 2.24) is 0 Å². The van der Waals surface area contributed by atoms with Crippen molar-refractivity contribution in [2.24, 2.45) is 5.92 Å². The molecule has 5 heteroatoms. The molecule has 0 heterocycles. The fourth-order valence-corrected chi connectivity index (χ4v) is 1.54. The molecule has 0 aliphatic rings. The minimum atomic E-state index is -0.809. The smallest absolute Gasteiger partial charge is 0.308 e. The summed E-state index contributed by atoms with van der Waals surface area (Å²) in [7, 11) is 1.59. The van der Waals surface area contributed by atoms with Crippen LogP contribution in [0, 0.1) is 5.92 Å². The van der Waals surface area contributed by atoms with Crippen molar-refractivity contribution in [3.05, 3.63) is 22.7 Å². The first-order valence-electron chi connectivity index (χ1n) is 4.84. The van der Waals surface area contributed by atoms with E-state index in [2.05, 4.69) is 21.2 Å². The monoisotopic (exact) mass is 287 g/mol. The molecular formula is C11H14BrNO3.